The molecule has 2 bridgehead atoms. The number of nitrogens with zero attached hydrogens (tertiary/aromatic N) is 1. The molecule has 0 spiro atoms. The monoisotopic (exact) mass is 274 g/mol. The number of fused-ring (bicyclic) bond motifs is 3. The van der Waals surface area contributed by atoms with Crippen molar-refractivity contribution in [2.24, 2.45) is 5.92 Å². The highest BCUT2D eigenvalue weighted by Crippen LogP contribution is 2.43. The SMILES string of the molecule is O=c1ccc2c(Cl)c(N3CC4CCC3C4)ccc2[nH]1. The summed E-state index contributed by atoms with van der Waals surface area (Å²) in [4.78, 5) is 16.6. The summed E-state index contributed by atoms with van der Waals surface area (Å²) >= 11 is 6.55. The van der Waals surface area contributed by atoms with Crippen molar-refractivity contribution in [3.63, 3.8) is 0 Å². The Kier molecular flexibility index (Phi) is 2.39. The standard InChI is InChI=1S/C15H15ClN2O/c16-15-11-3-6-14(19)17-12(11)4-5-13(15)18-8-9-1-2-10(18)7-9/h3-6,9-10H,1-2,7-8H2,(H,17,19). The van der Waals surface area contributed by atoms with Gasteiger partial charge in [0.15, 0.2) is 0 Å². The number of H-pyrrole nitrogens is 1. The molecule has 98 valence electrons. The summed E-state index contributed by atoms with van der Waals surface area (Å²) in [5.41, 5.74) is 1.84. The third-order valence-electron chi connectivity index (χ3n) is 4.54. The first-order valence-electron chi connectivity index (χ1n) is 6.80. The fraction of sp³-hybridized carbons (Fsp3) is 0.400. The van der Waals surface area contributed by atoms with E-state index in [0.717, 1.165) is 34.1 Å². The maximum absolute atomic E-state index is 11.3. The second-order valence-electron chi connectivity index (χ2n) is 5.67. The molecule has 2 fully saturated rings. The van der Waals surface area contributed by atoms with Crippen molar-refractivity contribution >= 4 is 28.2 Å². The summed E-state index contributed by atoms with van der Waals surface area (Å²) in [5, 5.41) is 1.70. The van der Waals surface area contributed by atoms with Crippen molar-refractivity contribution < 1.29 is 0 Å². The van der Waals surface area contributed by atoms with Crippen LogP contribution >= 0.6 is 11.6 Å². The maximum Gasteiger partial charge on any atom is 0.248 e. The van der Waals surface area contributed by atoms with Crippen molar-refractivity contribution in [2.75, 3.05) is 11.4 Å². The van der Waals surface area contributed by atoms with E-state index in [1.165, 1.54) is 25.3 Å². The molecule has 2 heterocycles. The molecule has 1 aromatic carbocycles. The topological polar surface area (TPSA) is 36.1 Å². The molecular formula is C15H15ClN2O. The third kappa shape index (κ3) is 1.68. The maximum atomic E-state index is 11.3. The number of aromatic nitrogens is 1. The molecule has 19 heavy (non-hydrogen) atoms. The van der Waals surface area contributed by atoms with Crippen molar-refractivity contribution in [3.8, 4) is 0 Å². The number of pyridine rings is 1. The molecule has 1 aliphatic heterocycles. The summed E-state index contributed by atoms with van der Waals surface area (Å²) in [6.07, 6.45) is 3.95. The van der Waals surface area contributed by atoms with Crippen LogP contribution in [0.3, 0.4) is 0 Å². The van der Waals surface area contributed by atoms with Crippen LogP contribution in [0.25, 0.3) is 10.9 Å². The number of rotatable bonds is 1. The molecule has 1 saturated carbocycles. The van der Waals surface area contributed by atoms with E-state index in [4.69, 9.17) is 11.6 Å². The van der Waals surface area contributed by atoms with Crippen LogP contribution in [0.4, 0.5) is 5.69 Å². The summed E-state index contributed by atoms with van der Waals surface area (Å²) in [6.45, 7) is 1.12. The van der Waals surface area contributed by atoms with Gasteiger partial charge in [0.25, 0.3) is 0 Å². The number of halogens is 1. The molecule has 1 N–H and O–H groups in total. The molecule has 1 saturated heterocycles. The largest absolute Gasteiger partial charge is 0.367 e. The van der Waals surface area contributed by atoms with Gasteiger partial charge in [-0.3, -0.25) is 4.79 Å². The molecule has 1 aliphatic carbocycles. The molecule has 0 amide bonds. The Labute approximate surface area is 116 Å². The van der Waals surface area contributed by atoms with Gasteiger partial charge >= 0.3 is 0 Å². The number of anilines is 1. The number of benzene rings is 1. The first-order valence-corrected chi connectivity index (χ1v) is 7.18. The minimum Gasteiger partial charge on any atom is -0.367 e. The first-order chi connectivity index (χ1) is 9.22. The van der Waals surface area contributed by atoms with Crippen LogP contribution in [0, 0.1) is 5.92 Å². The van der Waals surface area contributed by atoms with Crippen LogP contribution in [0.15, 0.2) is 29.1 Å². The van der Waals surface area contributed by atoms with Gasteiger partial charge in [0.1, 0.15) is 0 Å². The number of hydrogen-bond donors (Lipinski definition) is 1. The molecule has 2 aromatic rings. The molecule has 2 atom stereocenters. The molecule has 2 aliphatic rings. The van der Waals surface area contributed by atoms with E-state index in [9.17, 15) is 4.79 Å². The molecule has 3 nitrogen and oxygen atoms in total. The van der Waals surface area contributed by atoms with Crippen LogP contribution in [0.2, 0.25) is 5.02 Å². The lowest BCUT2D eigenvalue weighted by atomic mass is 10.1. The van der Waals surface area contributed by atoms with E-state index in [0.29, 0.717) is 6.04 Å². The number of nitrogens with one attached hydrogen (secondary N) is 1. The van der Waals surface area contributed by atoms with Gasteiger partial charge < -0.3 is 9.88 Å². The predicted octanol–water partition coefficient (Wildman–Crippen LogP) is 3.17. The van der Waals surface area contributed by atoms with Gasteiger partial charge in [0.2, 0.25) is 5.56 Å². The smallest absolute Gasteiger partial charge is 0.248 e. The quantitative estimate of drug-likeness (QED) is 0.867. The average molecular weight is 275 g/mol. The lowest BCUT2D eigenvalue weighted by Gasteiger charge is -2.30. The molecule has 0 radical (unpaired) electrons. The first kappa shape index (κ1) is 11.4. The number of piperidine rings is 1. The minimum absolute atomic E-state index is 0.0865. The third-order valence-corrected chi connectivity index (χ3v) is 4.93. The van der Waals surface area contributed by atoms with E-state index in [1.807, 2.05) is 18.2 Å². The number of aromatic amines is 1. The van der Waals surface area contributed by atoms with Gasteiger partial charge in [-0.25, -0.2) is 0 Å². The minimum atomic E-state index is -0.0865. The Morgan fingerprint density at radius 2 is 2.11 bits per heavy atom. The van der Waals surface area contributed by atoms with Crippen LogP contribution in [-0.2, 0) is 0 Å². The van der Waals surface area contributed by atoms with Gasteiger partial charge in [0, 0.05) is 29.6 Å². The number of hydrogen-bond acceptors (Lipinski definition) is 2. The van der Waals surface area contributed by atoms with E-state index in [-0.39, 0.29) is 5.56 Å². The summed E-state index contributed by atoms with van der Waals surface area (Å²) in [5.74, 6) is 0.840. The van der Waals surface area contributed by atoms with Gasteiger partial charge in [-0.1, -0.05) is 11.6 Å². The van der Waals surface area contributed by atoms with Crippen molar-refractivity contribution in [2.45, 2.75) is 25.3 Å². The fourth-order valence-corrected chi connectivity index (χ4v) is 3.96. The van der Waals surface area contributed by atoms with E-state index in [2.05, 4.69) is 9.88 Å². The Morgan fingerprint density at radius 3 is 2.84 bits per heavy atom. The zero-order chi connectivity index (χ0) is 13.0. The van der Waals surface area contributed by atoms with Crippen LogP contribution in [0.5, 0.6) is 0 Å². The Balaban J connectivity index is 1.85. The van der Waals surface area contributed by atoms with Gasteiger partial charge in [-0.2, -0.15) is 0 Å². The average Bonchev–Trinajstić information content (AvgIpc) is 3.01. The molecular weight excluding hydrogens is 260 g/mol. The van der Waals surface area contributed by atoms with Crippen LogP contribution < -0.4 is 10.5 Å². The van der Waals surface area contributed by atoms with E-state index in [1.54, 1.807) is 0 Å². The van der Waals surface area contributed by atoms with Crippen LogP contribution in [-0.4, -0.2) is 17.6 Å². The van der Waals surface area contributed by atoms with Gasteiger partial charge in [0.05, 0.1) is 10.7 Å². The Hall–Kier alpha value is -1.48. The van der Waals surface area contributed by atoms with E-state index >= 15 is 0 Å². The fourth-order valence-electron chi connectivity index (χ4n) is 3.63. The lowest BCUT2D eigenvalue weighted by molar-refractivity contribution is 0.554. The Morgan fingerprint density at radius 1 is 1.21 bits per heavy atom. The summed E-state index contributed by atoms with van der Waals surface area (Å²) in [7, 11) is 0. The summed E-state index contributed by atoms with van der Waals surface area (Å²) < 4.78 is 0. The normalized spacial score (nSPS) is 25.4. The second-order valence-corrected chi connectivity index (χ2v) is 6.05. The van der Waals surface area contributed by atoms with Crippen molar-refractivity contribution in [3.05, 3.63) is 39.6 Å². The highest BCUT2D eigenvalue weighted by Gasteiger charge is 2.38. The zero-order valence-electron chi connectivity index (χ0n) is 10.5. The molecule has 4 rings (SSSR count). The zero-order valence-corrected chi connectivity index (χ0v) is 11.3. The van der Waals surface area contributed by atoms with E-state index < -0.39 is 0 Å². The molecule has 1 aromatic heterocycles. The molecule has 4 heteroatoms. The van der Waals surface area contributed by atoms with Crippen LogP contribution in [0.1, 0.15) is 19.3 Å². The summed E-state index contributed by atoms with van der Waals surface area (Å²) in [6, 6.07) is 8.01. The predicted molar refractivity (Wildman–Crippen MR) is 78.1 cm³/mol. The highest BCUT2D eigenvalue weighted by molar-refractivity contribution is 6.38. The second kappa shape index (κ2) is 4.01. The van der Waals surface area contributed by atoms with Crippen molar-refractivity contribution in [1.82, 2.24) is 4.98 Å². The highest BCUT2D eigenvalue weighted by atomic mass is 35.5. The van der Waals surface area contributed by atoms with Gasteiger partial charge in [-0.15, -0.1) is 0 Å². The lowest BCUT2D eigenvalue weighted by Crippen LogP contribution is -2.32. The Bertz CT molecular complexity index is 709. The van der Waals surface area contributed by atoms with Gasteiger partial charge in [-0.05, 0) is 43.4 Å². The molecule has 2 unspecified atom stereocenters. The van der Waals surface area contributed by atoms with Crippen molar-refractivity contribution in [1.29, 1.82) is 0 Å².